The van der Waals surface area contributed by atoms with Gasteiger partial charge in [0, 0.05) is 15.6 Å². The standard InChI is InChI=1S/C10H8BrNOS/c1-14-9-3-2-6(4-8(9)11)7-5-12-10(7)13/h2-5,7H,1H3. The second-order valence-electron chi connectivity index (χ2n) is 2.99. The molecule has 1 atom stereocenters. The smallest absolute Gasteiger partial charge is 0.258 e. The van der Waals surface area contributed by atoms with E-state index in [9.17, 15) is 4.79 Å². The first-order chi connectivity index (χ1) is 6.72. The van der Waals surface area contributed by atoms with Gasteiger partial charge in [0.15, 0.2) is 0 Å². The van der Waals surface area contributed by atoms with Crippen molar-refractivity contribution in [3.05, 3.63) is 28.2 Å². The molecule has 0 aromatic heterocycles. The van der Waals surface area contributed by atoms with Gasteiger partial charge in [-0.25, -0.2) is 4.99 Å². The maximum Gasteiger partial charge on any atom is 0.258 e. The zero-order valence-electron chi connectivity index (χ0n) is 7.53. The van der Waals surface area contributed by atoms with E-state index in [1.807, 2.05) is 24.5 Å². The molecule has 0 N–H and O–H groups in total. The quantitative estimate of drug-likeness (QED) is 0.773. The summed E-state index contributed by atoms with van der Waals surface area (Å²) >= 11 is 5.15. The van der Waals surface area contributed by atoms with E-state index in [4.69, 9.17) is 0 Å². The van der Waals surface area contributed by atoms with Crippen LogP contribution >= 0.6 is 27.7 Å². The monoisotopic (exact) mass is 269 g/mol. The molecule has 0 saturated heterocycles. The van der Waals surface area contributed by atoms with Crippen LogP contribution in [0.2, 0.25) is 0 Å². The summed E-state index contributed by atoms with van der Waals surface area (Å²) in [6, 6.07) is 5.98. The fraction of sp³-hybridized carbons (Fsp3) is 0.200. The number of rotatable bonds is 2. The Hall–Kier alpha value is -0.610. The Morgan fingerprint density at radius 2 is 2.29 bits per heavy atom. The van der Waals surface area contributed by atoms with Crippen LogP contribution in [0.5, 0.6) is 0 Å². The van der Waals surface area contributed by atoms with Crippen LogP contribution in [0.3, 0.4) is 0 Å². The number of aliphatic imine (C=N–C) groups is 1. The number of thioether (sulfide) groups is 1. The summed E-state index contributed by atoms with van der Waals surface area (Å²) in [5.41, 5.74) is 1.01. The maximum atomic E-state index is 11.1. The molecule has 1 aromatic rings. The first-order valence-corrected chi connectivity index (χ1v) is 6.15. The van der Waals surface area contributed by atoms with Gasteiger partial charge in [-0.05, 0) is 39.9 Å². The van der Waals surface area contributed by atoms with Gasteiger partial charge >= 0.3 is 0 Å². The van der Waals surface area contributed by atoms with E-state index in [-0.39, 0.29) is 11.8 Å². The molecule has 1 aliphatic rings. The second-order valence-corrected chi connectivity index (χ2v) is 4.69. The number of carbonyl (C=O) groups is 1. The Kier molecular flexibility index (Phi) is 2.74. The lowest BCUT2D eigenvalue weighted by atomic mass is 9.96. The molecule has 1 heterocycles. The van der Waals surface area contributed by atoms with Crippen molar-refractivity contribution in [1.29, 1.82) is 0 Å². The van der Waals surface area contributed by atoms with Crippen LogP contribution in [0.25, 0.3) is 0 Å². The molecule has 0 saturated carbocycles. The minimum atomic E-state index is -0.123. The van der Waals surface area contributed by atoms with Gasteiger partial charge in [-0.2, -0.15) is 0 Å². The molecule has 1 unspecified atom stereocenters. The van der Waals surface area contributed by atoms with Gasteiger partial charge in [-0.3, -0.25) is 4.79 Å². The average molecular weight is 270 g/mol. The van der Waals surface area contributed by atoms with Gasteiger partial charge in [0.25, 0.3) is 5.91 Å². The number of hydrogen-bond donors (Lipinski definition) is 0. The fourth-order valence-corrected chi connectivity index (χ4v) is 2.65. The molecule has 0 radical (unpaired) electrons. The van der Waals surface area contributed by atoms with E-state index >= 15 is 0 Å². The van der Waals surface area contributed by atoms with Crippen molar-refractivity contribution in [3.63, 3.8) is 0 Å². The molecule has 1 aromatic carbocycles. The number of hydrogen-bond acceptors (Lipinski definition) is 2. The number of amides is 1. The van der Waals surface area contributed by atoms with E-state index < -0.39 is 0 Å². The highest BCUT2D eigenvalue weighted by molar-refractivity contribution is 9.10. The molecule has 0 aliphatic carbocycles. The lowest BCUT2D eigenvalue weighted by molar-refractivity contribution is -0.119. The van der Waals surface area contributed by atoms with Crippen molar-refractivity contribution < 1.29 is 4.79 Å². The minimum Gasteiger partial charge on any atom is -0.271 e. The molecule has 2 nitrogen and oxygen atoms in total. The fourth-order valence-electron chi connectivity index (χ4n) is 1.31. The van der Waals surface area contributed by atoms with Crippen LogP contribution in [-0.4, -0.2) is 18.4 Å². The Morgan fingerprint density at radius 3 is 2.71 bits per heavy atom. The van der Waals surface area contributed by atoms with Gasteiger partial charge in [0.1, 0.15) is 5.92 Å². The van der Waals surface area contributed by atoms with Crippen LogP contribution in [0.1, 0.15) is 11.5 Å². The molecular weight excluding hydrogens is 262 g/mol. The number of nitrogens with zero attached hydrogens (tertiary/aromatic N) is 1. The van der Waals surface area contributed by atoms with E-state index in [0.717, 1.165) is 10.0 Å². The zero-order chi connectivity index (χ0) is 10.1. The van der Waals surface area contributed by atoms with Gasteiger partial charge < -0.3 is 0 Å². The summed E-state index contributed by atoms with van der Waals surface area (Å²) < 4.78 is 1.04. The third kappa shape index (κ3) is 1.64. The van der Waals surface area contributed by atoms with Gasteiger partial charge in [-0.15, -0.1) is 11.8 Å². The predicted octanol–water partition coefficient (Wildman–Crippen LogP) is 2.87. The summed E-state index contributed by atoms with van der Waals surface area (Å²) in [5.74, 6) is -0.170. The number of benzene rings is 1. The van der Waals surface area contributed by atoms with Crippen molar-refractivity contribution in [2.75, 3.05) is 6.26 Å². The van der Waals surface area contributed by atoms with Crippen molar-refractivity contribution >= 4 is 39.8 Å². The molecule has 1 aliphatic heterocycles. The first kappa shape index (κ1) is 9.93. The summed E-state index contributed by atoms with van der Waals surface area (Å²) in [5, 5.41) is 0. The van der Waals surface area contributed by atoms with Crippen molar-refractivity contribution in [2.24, 2.45) is 4.99 Å². The first-order valence-electron chi connectivity index (χ1n) is 4.14. The van der Waals surface area contributed by atoms with E-state index in [1.165, 1.54) is 4.90 Å². The highest BCUT2D eigenvalue weighted by atomic mass is 79.9. The Balaban J connectivity index is 2.33. The van der Waals surface area contributed by atoms with Crippen molar-refractivity contribution in [2.45, 2.75) is 10.8 Å². The van der Waals surface area contributed by atoms with Crippen LogP contribution in [0, 0.1) is 0 Å². The minimum absolute atomic E-state index is 0.0474. The Bertz CT molecular complexity index is 417. The Morgan fingerprint density at radius 1 is 1.50 bits per heavy atom. The SMILES string of the molecule is CSc1ccc(C2C=NC2=O)cc1Br. The van der Waals surface area contributed by atoms with Crippen LogP contribution in [-0.2, 0) is 4.79 Å². The molecule has 2 rings (SSSR count). The summed E-state index contributed by atoms with van der Waals surface area (Å²) in [4.78, 5) is 15.9. The van der Waals surface area contributed by atoms with Crippen LogP contribution < -0.4 is 0 Å². The topological polar surface area (TPSA) is 29.4 Å². The van der Waals surface area contributed by atoms with Crippen LogP contribution in [0.15, 0.2) is 32.6 Å². The van der Waals surface area contributed by atoms with Crippen molar-refractivity contribution in [3.8, 4) is 0 Å². The molecule has 4 heteroatoms. The average Bonchev–Trinajstić information content (AvgIpc) is 2.16. The normalized spacial score (nSPS) is 19.6. The third-order valence-corrected chi connectivity index (χ3v) is 3.87. The third-order valence-electron chi connectivity index (χ3n) is 2.15. The maximum absolute atomic E-state index is 11.1. The van der Waals surface area contributed by atoms with Gasteiger partial charge in [0.2, 0.25) is 0 Å². The highest BCUT2D eigenvalue weighted by Gasteiger charge is 2.25. The number of carbonyl (C=O) groups excluding carboxylic acids is 1. The highest BCUT2D eigenvalue weighted by Crippen LogP contribution is 2.30. The largest absolute Gasteiger partial charge is 0.271 e. The molecule has 14 heavy (non-hydrogen) atoms. The second kappa shape index (κ2) is 3.87. The van der Waals surface area contributed by atoms with Gasteiger partial charge in [0.05, 0.1) is 0 Å². The van der Waals surface area contributed by atoms with E-state index in [1.54, 1.807) is 18.0 Å². The van der Waals surface area contributed by atoms with Crippen molar-refractivity contribution in [1.82, 2.24) is 0 Å². The molecule has 1 amide bonds. The molecule has 72 valence electrons. The van der Waals surface area contributed by atoms with Gasteiger partial charge in [-0.1, -0.05) is 6.07 Å². The predicted molar refractivity (Wildman–Crippen MR) is 62.2 cm³/mol. The van der Waals surface area contributed by atoms with Crippen LogP contribution in [0.4, 0.5) is 0 Å². The molecule has 0 bridgehead atoms. The molecule has 0 fully saturated rings. The lowest BCUT2D eigenvalue weighted by Gasteiger charge is -2.15. The summed E-state index contributed by atoms with van der Waals surface area (Å²) in [7, 11) is 0. The van der Waals surface area contributed by atoms with E-state index in [0.29, 0.717) is 0 Å². The number of halogens is 1. The van der Waals surface area contributed by atoms with E-state index in [2.05, 4.69) is 20.9 Å². The zero-order valence-corrected chi connectivity index (χ0v) is 9.93. The molecule has 0 spiro atoms. The summed E-state index contributed by atoms with van der Waals surface area (Å²) in [6.45, 7) is 0. The molecular formula is C10H8BrNOS. The lowest BCUT2D eigenvalue weighted by Crippen LogP contribution is -2.20. The summed E-state index contributed by atoms with van der Waals surface area (Å²) in [6.07, 6.45) is 3.71. The Labute approximate surface area is 94.9 Å².